The zero-order valence-electron chi connectivity index (χ0n) is 9.19. The van der Waals surface area contributed by atoms with Gasteiger partial charge in [-0.05, 0) is 6.92 Å². The smallest absolute Gasteiger partial charge is 0.406 e. The van der Waals surface area contributed by atoms with Crippen molar-refractivity contribution in [3.05, 3.63) is 11.4 Å². The third-order valence-electron chi connectivity index (χ3n) is 1.74. The molecule has 0 fully saturated rings. The molecule has 0 radical (unpaired) electrons. The van der Waals surface area contributed by atoms with Gasteiger partial charge in [0.25, 0.3) is 0 Å². The first-order valence-corrected chi connectivity index (χ1v) is 4.57. The first kappa shape index (κ1) is 17.2. The van der Waals surface area contributed by atoms with Crippen molar-refractivity contribution in [2.24, 2.45) is 5.92 Å². The highest BCUT2D eigenvalue weighted by molar-refractivity contribution is 5.93. The van der Waals surface area contributed by atoms with Gasteiger partial charge in [-0.3, -0.25) is 0 Å². The third kappa shape index (κ3) is 4.42. The van der Waals surface area contributed by atoms with Crippen LogP contribution in [0.2, 0.25) is 0 Å². The zero-order valence-corrected chi connectivity index (χ0v) is 9.19. The molecule has 0 aliphatic rings. The van der Waals surface area contributed by atoms with Gasteiger partial charge in [-0.1, -0.05) is 0 Å². The number of halogens is 7. The summed E-state index contributed by atoms with van der Waals surface area (Å²) in [7, 11) is 0. The highest BCUT2D eigenvalue weighted by atomic mass is 19.4. The van der Waals surface area contributed by atoms with E-state index in [1.165, 1.54) is 6.92 Å². The van der Waals surface area contributed by atoms with Crippen molar-refractivity contribution < 1.29 is 40.3 Å². The average Bonchev–Trinajstić information content (AvgIpc) is 2.13. The number of esters is 1. The van der Waals surface area contributed by atoms with Crippen LogP contribution in [0.1, 0.15) is 6.92 Å². The quantitative estimate of drug-likeness (QED) is 0.348. The SMILES string of the molecule is CCOC(=O)C(C#N)=C(F)C(C(F)(F)F)C(F)(F)F. The van der Waals surface area contributed by atoms with Gasteiger partial charge >= 0.3 is 18.3 Å². The van der Waals surface area contributed by atoms with Gasteiger partial charge in [0.15, 0.2) is 5.57 Å². The zero-order chi connectivity index (χ0) is 15.4. The minimum absolute atomic E-state index is 0.444. The minimum atomic E-state index is -6.03. The van der Waals surface area contributed by atoms with Gasteiger partial charge in [0.05, 0.1) is 6.61 Å². The van der Waals surface area contributed by atoms with Gasteiger partial charge in [0.2, 0.25) is 5.92 Å². The van der Waals surface area contributed by atoms with Crippen LogP contribution < -0.4 is 0 Å². The van der Waals surface area contributed by atoms with E-state index in [9.17, 15) is 35.5 Å². The molecule has 0 spiro atoms. The van der Waals surface area contributed by atoms with Crippen molar-refractivity contribution in [2.45, 2.75) is 19.3 Å². The fourth-order valence-corrected chi connectivity index (χ4v) is 1.02. The van der Waals surface area contributed by atoms with E-state index in [1.807, 2.05) is 0 Å². The number of allylic oxidation sites excluding steroid dienone is 1. The summed E-state index contributed by atoms with van der Waals surface area (Å²) in [4.78, 5) is 10.9. The minimum Gasteiger partial charge on any atom is -0.462 e. The van der Waals surface area contributed by atoms with Crippen LogP contribution >= 0.6 is 0 Å². The average molecular weight is 293 g/mol. The van der Waals surface area contributed by atoms with Crippen molar-refractivity contribution >= 4 is 5.97 Å². The number of alkyl halides is 6. The molecule has 19 heavy (non-hydrogen) atoms. The molecule has 0 aromatic rings. The summed E-state index contributed by atoms with van der Waals surface area (Å²) in [6.07, 6.45) is -12.1. The molecule has 0 saturated carbocycles. The fraction of sp³-hybridized carbons (Fsp3) is 0.556. The molecule has 0 bridgehead atoms. The Kier molecular flexibility index (Phi) is 5.34. The first-order valence-electron chi connectivity index (χ1n) is 4.57. The van der Waals surface area contributed by atoms with Crippen molar-refractivity contribution in [3.63, 3.8) is 0 Å². The lowest BCUT2D eigenvalue weighted by molar-refractivity contribution is -0.275. The summed E-state index contributed by atoms with van der Waals surface area (Å²) in [6, 6.07) is 0.641. The number of hydrogen-bond acceptors (Lipinski definition) is 3. The summed E-state index contributed by atoms with van der Waals surface area (Å²) in [5, 5.41) is 8.29. The molecule has 0 atom stereocenters. The van der Waals surface area contributed by atoms with E-state index in [0.29, 0.717) is 6.07 Å². The number of hydrogen-bond donors (Lipinski definition) is 0. The molecule has 0 aromatic carbocycles. The lowest BCUT2D eigenvalue weighted by Crippen LogP contribution is -2.38. The fourth-order valence-electron chi connectivity index (χ4n) is 1.02. The standard InChI is InChI=1S/C9H6F7NO2/c1-2-19-7(18)4(3-17)5(10)6(8(11,12)13)9(14,15)16/h6H,2H2,1H3. The Bertz CT molecular complexity index is 402. The highest BCUT2D eigenvalue weighted by Gasteiger charge is 2.60. The molecule has 0 aliphatic heterocycles. The number of carbonyl (C=O) groups is 1. The second-order valence-corrected chi connectivity index (χ2v) is 3.07. The topological polar surface area (TPSA) is 50.1 Å². The number of nitrogens with zero attached hydrogens (tertiary/aromatic N) is 1. The molecule has 0 unspecified atom stereocenters. The van der Waals surface area contributed by atoms with Crippen LogP contribution in [0.4, 0.5) is 30.7 Å². The molecule has 0 saturated heterocycles. The van der Waals surface area contributed by atoms with Crippen LogP contribution in [0.5, 0.6) is 0 Å². The molecule has 0 rings (SSSR count). The van der Waals surface area contributed by atoms with Gasteiger partial charge in [0.1, 0.15) is 11.9 Å². The summed E-state index contributed by atoms with van der Waals surface area (Å²) in [5.41, 5.74) is -1.96. The van der Waals surface area contributed by atoms with Crippen LogP contribution in [-0.4, -0.2) is 24.9 Å². The van der Waals surface area contributed by atoms with Crippen molar-refractivity contribution in [1.82, 2.24) is 0 Å². The Morgan fingerprint density at radius 3 is 1.89 bits per heavy atom. The van der Waals surface area contributed by atoms with Crippen LogP contribution in [0.3, 0.4) is 0 Å². The largest absolute Gasteiger partial charge is 0.462 e. The number of carbonyl (C=O) groups excluding carboxylic acids is 1. The number of nitriles is 1. The van der Waals surface area contributed by atoms with Crippen molar-refractivity contribution in [2.75, 3.05) is 6.61 Å². The Balaban J connectivity index is 5.82. The van der Waals surface area contributed by atoms with E-state index < -0.39 is 42.2 Å². The summed E-state index contributed by atoms with van der Waals surface area (Å²) >= 11 is 0. The lowest BCUT2D eigenvalue weighted by Gasteiger charge is -2.21. The lowest BCUT2D eigenvalue weighted by atomic mass is 10.0. The second-order valence-electron chi connectivity index (χ2n) is 3.07. The predicted octanol–water partition coefficient (Wildman–Crippen LogP) is 3.04. The molecule has 0 aliphatic carbocycles. The number of ether oxygens (including phenoxy) is 1. The van der Waals surface area contributed by atoms with Crippen LogP contribution in [0, 0.1) is 17.2 Å². The van der Waals surface area contributed by atoms with Gasteiger partial charge in [-0.2, -0.15) is 31.6 Å². The Morgan fingerprint density at radius 2 is 1.63 bits per heavy atom. The first-order chi connectivity index (χ1) is 8.46. The summed E-state index contributed by atoms with van der Waals surface area (Å²) in [6.45, 7) is 0.732. The van der Waals surface area contributed by atoms with Crippen molar-refractivity contribution in [1.29, 1.82) is 5.26 Å². The summed E-state index contributed by atoms with van der Waals surface area (Å²) < 4.78 is 90.2. The predicted molar refractivity (Wildman–Crippen MR) is 46.0 cm³/mol. The van der Waals surface area contributed by atoms with E-state index >= 15 is 0 Å². The van der Waals surface area contributed by atoms with Gasteiger partial charge < -0.3 is 4.74 Å². The highest BCUT2D eigenvalue weighted by Crippen LogP contribution is 2.45. The molecule has 0 aromatic heterocycles. The van der Waals surface area contributed by atoms with E-state index in [-0.39, 0.29) is 0 Å². The van der Waals surface area contributed by atoms with E-state index in [0.717, 1.165) is 0 Å². The molecular weight excluding hydrogens is 287 g/mol. The molecule has 0 heterocycles. The van der Waals surface area contributed by atoms with Gasteiger partial charge in [-0.15, -0.1) is 0 Å². The van der Waals surface area contributed by atoms with E-state index in [4.69, 9.17) is 5.26 Å². The van der Waals surface area contributed by atoms with Gasteiger partial charge in [0, 0.05) is 0 Å². The molecule has 0 N–H and O–H groups in total. The Morgan fingerprint density at radius 1 is 1.21 bits per heavy atom. The molecule has 3 nitrogen and oxygen atoms in total. The van der Waals surface area contributed by atoms with E-state index in [1.54, 1.807) is 0 Å². The maximum absolute atomic E-state index is 13.2. The maximum Gasteiger partial charge on any atom is 0.406 e. The number of rotatable bonds is 3. The Hall–Kier alpha value is -1.79. The normalized spacial score (nSPS) is 13.9. The monoisotopic (exact) mass is 293 g/mol. The van der Waals surface area contributed by atoms with Gasteiger partial charge in [-0.25, -0.2) is 9.18 Å². The molecule has 0 amide bonds. The Labute approximate surface area is 102 Å². The molecule has 108 valence electrons. The molecular formula is C9H6F7NO2. The second kappa shape index (κ2) is 5.90. The van der Waals surface area contributed by atoms with Crippen molar-refractivity contribution in [3.8, 4) is 6.07 Å². The maximum atomic E-state index is 13.2. The third-order valence-corrected chi connectivity index (χ3v) is 1.74. The van der Waals surface area contributed by atoms with Crippen LogP contribution in [0.15, 0.2) is 11.4 Å². The molecule has 10 heteroatoms. The van der Waals surface area contributed by atoms with Crippen LogP contribution in [0.25, 0.3) is 0 Å². The van der Waals surface area contributed by atoms with Crippen LogP contribution in [-0.2, 0) is 9.53 Å². The van der Waals surface area contributed by atoms with E-state index in [2.05, 4.69) is 4.74 Å². The summed E-state index contributed by atoms with van der Waals surface area (Å²) in [5.74, 6) is -9.36.